The van der Waals surface area contributed by atoms with Gasteiger partial charge in [0.05, 0.1) is 16.0 Å². The van der Waals surface area contributed by atoms with E-state index in [9.17, 15) is 22.4 Å². The second-order valence-corrected chi connectivity index (χ2v) is 8.84. The fourth-order valence-electron chi connectivity index (χ4n) is 3.29. The number of nitrogens with one attached hydrogen (secondary N) is 2. The van der Waals surface area contributed by atoms with E-state index in [4.69, 9.17) is 0 Å². The minimum absolute atomic E-state index is 0.0589. The highest BCUT2D eigenvalue weighted by Crippen LogP contribution is 2.40. The average Bonchev–Trinajstić information content (AvgIpc) is 2.84. The van der Waals surface area contributed by atoms with Crippen LogP contribution in [-0.4, -0.2) is 26.8 Å². The largest absolute Gasteiger partial charge is 0.325 e. The number of hydrogen-bond donors (Lipinski definition) is 2. The van der Waals surface area contributed by atoms with Crippen molar-refractivity contribution in [1.29, 1.82) is 0 Å². The van der Waals surface area contributed by atoms with E-state index in [0.29, 0.717) is 11.3 Å². The topological polar surface area (TPSA) is 95.6 Å². The molecule has 0 unspecified atom stereocenters. The van der Waals surface area contributed by atoms with Gasteiger partial charge in [-0.1, -0.05) is 6.07 Å². The first kappa shape index (κ1) is 17.5. The summed E-state index contributed by atoms with van der Waals surface area (Å²) in [4.78, 5) is 24.0. The third-order valence-electron chi connectivity index (χ3n) is 4.88. The van der Waals surface area contributed by atoms with Crippen LogP contribution in [0.2, 0.25) is 0 Å². The van der Waals surface area contributed by atoms with Gasteiger partial charge >= 0.3 is 0 Å². The summed E-state index contributed by atoms with van der Waals surface area (Å²) in [6, 6.07) is 8.26. The second kappa shape index (κ2) is 5.53. The van der Waals surface area contributed by atoms with Crippen LogP contribution in [0.4, 0.5) is 21.5 Å². The zero-order chi connectivity index (χ0) is 19.6. The Morgan fingerprint density at radius 3 is 2.59 bits per heavy atom. The maximum absolute atomic E-state index is 14.1. The van der Waals surface area contributed by atoms with Crippen molar-refractivity contribution < 1.29 is 22.4 Å². The highest BCUT2D eigenvalue weighted by atomic mass is 32.2. The molecule has 27 heavy (non-hydrogen) atoms. The molecule has 2 N–H and O–H groups in total. The van der Waals surface area contributed by atoms with Gasteiger partial charge in [0.25, 0.3) is 10.0 Å². The third kappa shape index (κ3) is 2.49. The van der Waals surface area contributed by atoms with Crippen molar-refractivity contribution in [3.8, 4) is 0 Å². The first-order valence-electron chi connectivity index (χ1n) is 8.19. The molecule has 0 aromatic heterocycles. The van der Waals surface area contributed by atoms with Crippen LogP contribution in [0.25, 0.3) is 0 Å². The Hall–Kier alpha value is -2.94. The summed E-state index contributed by atoms with van der Waals surface area (Å²) in [5.74, 6) is -1.57. The Bertz CT molecular complexity index is 1110. The Labute approximate surface area is 155 Å². The van der Waals surface area contributed by atoms with Crippen molar-refractivity contribution in [2.45, 2.75) is 24.2 Å². The van der Waals surface area contributed by atoms with E-state index in [1.807, 2.05) is 0 Å². The summed E-state index contributed by atoms with van der Waals surface area (Å²) in [7, 11) is -4.15. The van der Waals surface area contributed by atoms with Crippen LogP contribution >= 0.6 is 0 Å². The lowest BCUT2D eigenvalue weighted by molar-refractivity contribution is -0.119. The van der Waals surface area contributed by atoms with Gasteiger partial charge in [0.1, 0.15) is 18.0 Å². The number of benzene rings is 2. The van der Waals surface area contributed by atoms with Gasteiger partial charge in [0, 0.05) is 5.69 Å². The Balaban J connectivity index is 1.85. The van der Waals surface area contributed by atoms with Crippen molar-refractivity contribution in [3.05, 3.63) is 47.8 Å². The third-order valence-corrected chi connectivity index (χ3v) is 6.64. The zero-order valence-electron chi connectivity index (χ0n) is 14.5. The number of nitrogens with zero attached hydrogens (tertiary/aromatic N) is 1. The van der Waals surface area contributed by atoms with Crippen LogP contribution in [0, 0.1) is 5.82 Å². The predicted molar refractivity (Wildman–Crippen MR) is 97.7 cm³/mol. The van der Waals surface area contributed by atoms with Gasteiger partial charge in [0.15, 0.2) is 0 Å². The normalized spacial score (nSPS) is 17.8. The smallest absolute Gasteiger partial charge is 0.264 e. The maximum Gasteiger partial charge on any atom is 0.264 e. The summed E-state index contributed by atoms with van der Waals surface area (Å²) >= 11 is 0. The second-order valence-electron chi connectivity index (χ2n) is 6.98. The number of anilines is 3. The highest BCUT2D eigenvalue weighted by Gasteiger charge is 2.40. The van der Waals surface area contributed by atoms with E-state index < -0.39 is 33.7 Å². The average molecular weight is 389 g/mol. The van der Waals surface area contributed by atoms with Gasteiger partial charge in [-0.2, -0.15) is 0 Å². The fraction of sp³-hybridized carbons (Fsp3) is 0.222. The van der Waals surface area contributed by atoms with Gasteiger partial charge in [-0.3, -0.25) is 13.9 Å². The molecule has 0 aliphatic carbocycles. The molecule has 4 rings (SSSR count). The van der Waals surface area contributed by atoms with Gasteiger partial charge in [0.2, 0.25) is 11.8 Å². The fourth-order valence-corrected chi connectivity index (χ4v) is 4.75. The standard InChI is InChI=1S/C18H16FN3O4S/c1-18(2)11-8-10(6-7-13(11)20-17(18)24)27(25,26)22-9-15(23)21-16-12(19)4-3-5-14(16)22/h3-8H,9H2,1-2H3,(H,20,24)(H,21,23). The minimum Gasteiger partial charge on any atom is -0.325 e. The lowest BCUT2D eigenvalue weighted by atomic mass is 9.86. The van der Waals surface area contributed by atoms with Crippen molar-refractivity contribution in [2.24, 2.45) is 0 Å². The monoisotopic (exact) mass is 389 g/mol. The number of para-hydroxylation sites is 1. The van der Waals surface area contributed by atoms with Crippen LogP contribution in [-0.2, 0) is 25.0 Å². The molecule has 2 heterocycles. The van der Waals surface area contributed by atoms with Crippen LogP contribution in [0.15, 0.2) is 41.3 Å². The molecule has 0 radical (unpaired) electrons. The summed E-state index contributed by atoms with van der Waals surface area (Å²) in [5, 5.41) is 5.08. The summed E-state index contributed by atoms with van der Waals surface area (Å²) in [6.45, 7) is 2.93. The van der Waals surface area contributed by atoms with Crippen molar-refractivity contribution >= 4 is 38.9 Å². The van der Waals surface area contributed by atoms with Crippen LogP contribution in [0.1, 0.15) is 19.4 Å². The highest BCUT2D eigenvalue weighted by molar-refractivity contribution is 7.92. The Morgan fingerprint density at radius 1 is 1.11 bits per heavy atom. The number of fused-ring (bicyclic) bond motifs is 2. The number of hydrogen-bond acceptors (Lipinski definition) is 4. The minimum atomic E-state index is -4.15. The first-order chi connectivity index (χ1) is 12.6. The molecule has 9 heteroatoms. The predicted octanol–water partition coefficient (Wildman–Crippen LogP) is 2.20. The molecule has 0 saturated heterocycles. The number of sulfonamides is 1. The van der Waals surface area contributed by atoms with Crippen molar-refractivity contribution in [3.63, 3.8) is 0 Å². The zero-order valence-corrected chi connectivity index (χ0v) is 15.4. The molecule has 2 aliphatic heterocycles. The maximum atomic E-state index is 14.1. The molecular weight excluding hydrogens is 373 g/mol. The number of amides is 2. The van der Waals surface area contributed by atoms with Gasteiger partial charge in [-0.15, -0.1) is 0 Å². The van der Waals surface area contributed by atoms with Gasteiger partial charge in [-0.25, -0.2) is 12.8 Å². The molecule has 0 bridgehead atoms. The first-order valence-corrected chi connectivity index (χ1v) is 9.63. The molecule has 0 saturated carbocycles. The molecule has 2 aliphatic rings. The molecule has 0 atom stereocenters. The van der Waals surface area contributed by atoms with Gasteiger partial charge in [-0.05, 0) is 49.7 Å². The lowest BCUT2D eigenvalue weighted by Gasteiger charge is -2.30. The number of rotatable bonds is 2. The molecular formula is C18H16FN3O4S. The number of carbonyl (C=O) groups excluding carboxylic acids is 2. The van der Waals surface area contributed by atoms with E-state index in [-0.39, 0.29) is 22.2 Å². The van der Waals surface area contributed by atoms with Crippen molar-refractivity contribution in [1.82, 2.24) is 0 Å². The van der Waals surface area contributed by atoms with E-state index >= 15 is 0 Å². The summed E-state index contributed by atoms with van der Waals surface area (Å²) in [6.07, 6.45) is 0. The summed E-state index contributed by atoms with van der Waals surface area (Å²) < 4.78 is 41.4. The van der Waals surface area contributed by atoms with Crippen LogP contribution in [0.5, 0.6) is 0 Å². The molecule has 140 valence electrons. The van der Waals surface area contributed by atoms with Crippen LogP contribution < -0.4 is 14.9 Å². The van der Waals surface area contributed by atoms with Gasteiger partial charge < -0.3 is 10.6 Å². The van der Waals surface area contributed by atoms with Crippen LogP contribution in [0.3, 0.4) is 0 Å². The number of halogens is 1. The molecule has 2 aromatic carbocycles. The Morgan fingerprint density at radius 2 is 1.85 bits per heavy atom. The van der Waals surface area contributed by atoms with E-state index in [2.05, 4.69) is 10.6 Å². The summed E-state index contributed by atoms with van der Waals surface area (Å²) in [5.41, 5.74) is 0.102. The molecule has 0 spiro atoms. The van der Waals surface area contributed by atoms with E-state index in [1.54, 1.807) is 13.8 Å². The number of carbonyl (C=O) groups is 2. The Kier molecular flexibility index (Phi) is 3.58. The van der Waals surface area contributed by atoms with Crippen molar-refractivity contribution in [2.75, 3.05) is 21.5 Å². The quantitative estimate of drug-likeness (QED) is 0.823. The van der Waals surface area contributed by atoms with E-state index in [1.165, 1.54) is 30.3 Å². The van der Waals surface area contributed by atoms with E-state index in [0.717, 1.165) is 10.4 Å². The molecule has 7 nitrogen and oxygen atoms in total. The molecule has 2 amide bonds. The molecule has 0 fully saturated rings. The molecule has 2 aromatic rings. The lowest BCUT2D eigenvalue weighted by Crippen LogP contribution is -2.42. The SMILES string of the molecule is CC1(C)C(=O)Nc2ccc(S(=O)(=O)N3CC(=O)Nc4c(F)cccc43)cc21.